The van der Waals surface area contributed by atoms with Crippen LogP contribution >= 0.6 is 0 Å². The number of aryl methyl sites for hydroxylation is 1. The summed E-state index contributed by atoms with van der Waals surface area (Å²) in [5.41, 5.74) is 2.67. The molecular formula is C20H22N2O3. The summed E-state index contributed by atoms with van der Waals surface area (Å²) >= 11 is 0. The molecule has 5 heteroatoms. The van der Waals surface area contributed by atoms with Gasteiger partial charge in [-0.3, -0.25) is 9.78 Å². The molecule has 0 spiro atoms. The van der Waals surface area contributed by atoms with Gasteiger partial charge in [0.1, 0.15) is 5.69 Å². The van der Waals surface area contributed by atoms with Gasteiger partial charge in [-0.1, -0.05) is 24.3 Å². The summed E-state index contributed by atoms with van der Waals surface area (Å²) in [6.45, 7) is 3.28. The highest BCUT2D eigenvalue weighted by atomic mass is 16.4. The van der Waals surface area contributed by atoms with E-state index < -0.39 is 5.97 Å². The first-order chi connectivity index (χ1) is 12.1. The predicted molar refractivity (Wildman–Crippen MR) is 94.7 cm³/mol. The Kier molecular flexibility index (Phi) is 5.12. The highest BCUT2D eigenvalue weighted by Crippen LogP contribution is 2.24. The van der Waals surface area contributed by atoms with E-state index in [4.69, 9.17) is 0 Å². The van der Waals surface area contributed by atoms with E-state index in [0.717, 1.165) is 30.4 Å². The third-order valence-corrected chi connectivity index (χ3v) is 4.87. The van der Waals surface area contributed by atoms with E-state index in [1.807, 2.05) is 36.1 Å². The molecule has 1 saturated heterocycles. The molecule has 1 aromatic carbocycles. The van der Waals surface area contributed by atoms with Gasteiger partial charge in [0, 0.05) is 19.3 Å². The van der Waals surface area contributed by atoms with Crippen LogP contribution in [-0.2, 0) is 6.42 Å². The van der Waals surface area contributed by atoms with Crippen LogP contribution in [0.2, 0.25) is 0 Å². The predicted octanol–water partition coefficient (Wildman–Crippen LogP) is 3.18. The van der Waals surface area contributed by atoms with Gasteiger partial charge in [0.15, 0.2) is 0 Å². The molecule has 1 aromatic heterocycles. The van der Waals surface area contributed by atoms with Crippen LogP contribution in [0.25, 0.3) is 0 Å². The van der Waals surface area contributed by atoms with Crippen LogP contribution in [0, 0.1) is 12.8 Å². The highest BCUT2D eigenvalue weighted by molar-refractivity contribution is 5.93. The quantitative estimate of drug-likeness (QED) is 0.929. The standard InChI is InChI=1S/C20H22N2O3/c1-14-5-4-10-21-18(14)19(23)22-11-8-15(9-12-22)13-16-6-2-3-7-17(16)20(24)25/h2-7,10,15H,8-9,11-13H2,1H3,(H,24,25). The normalized spacial score (nSPS) is 15.2. The van der Waals surface area contributed by atoms with Gasteiger partial charge < -0.3 is 10.0 Å². The van der Waals surface area contributed by atoms with Gasteiger partial charge in [-0.2, -0.15) is 0 Å². The number of hydrogen-bond acceptors (Lipinski definition) is 3. The van der Waals surface area contributed by atoms with E-state index in [2.05, 4.69) is 4.98 Å². The smallest absolute Gasteiger partial charge is 0.335 e. The zero-order valence-electron chi connectivity index (χ0n) is 14.3. The Morgan fingerprint density at radius 3 is 2.56 bits per heavy atom. The van der Waals surface area contributed by atoms with Crippen LogP contribution in [0.3, 0.4) is 0 Å². The average Bonchev–Trinajstić information content (AvgIpc) is 2.62. The molecule has 0 aliphatic carbocycles. The molecule has 1 fully saturated rings. The van der Waals surface area contributed by atoms with E-state index in [1.165, 1.54) is 0 Å². The zero-order valence-corrected chi connectivity index (χ0v) is 14.3. The first kappa shape index (κ1) is 17.1. The van der Waals surface area contributed by atoms with Gasteiger partial charge in [-0.25, -0.2) is 4.79 Å². The van der Waals surface area contributed by atoms with Crippen molar-refractivity contribution in [1.82, 2.24) is 9.88 Å². The second-order valence-electron chi connectivity index (χ2n) is 6.57. The second-order valence-corrected chi connectivity index (χ2v) is 6.57. The van der Waals surface area contributed by atoms with Crippen LogP contribution in [0.4, 0.5) is 0 Å². The van der Waals surface area contributed by atoms with Crippen LogP contribution in [0.5, 0.6) is 0 Å². The summed E-state index contributed by atoms with van der Waals surface area (Å²) < 4.78 is 0. The second kappa shape index (κ2) is 7.47. The maximum absolute atomic E-state index is 12.6. The number of aromatic carboxylic acids is 1. The fraction of sp³-hybridized carbons (Fsp3) is 0.350. The van der Waals surface area contributed by atoms with E-state index in [-0.39, 0.29) is 5.91 Å². The Balaban J connectivity index is 1.62. The summed E-state index contributed by atoms with van der Waals surface area (Å²) in [6.07, 6.45) is 4.15. The largest absolute Gasteiger partial charge is 0.478 e. The molecule has 2 aromatic rings. The van der Waals surface area contributed by atoms with Crippen molar-refractivity contribution in [3.63, 3.8) is 0 Å². The SMILES string of the molecule is Cc1cccnc1C(=O)N1CCC(Cc2ccccc2C(=O)O)CC1. The Morgan fingerprint density at radius 2 is 1.88 bits per heavy atom. The number of nitrogens with zero attached hydrogens (tertiary/aromatic N) is 2. The summed E-state index contributed by atoms with van der Waals surface area (Å²) in [5, 5.41) is 9.30. The third kappa shape index (κ3) is 3.87. The Bertz CT molecular complexity index is 780. The van der Waals surface area contributed by atoms with Crippen molar-refractivity contribution in [2.24, 2.45) is 5.92 Å². The lowest BCUT2D eigenvalue weighted by Gasteiger charge is -2.32. The molecule has 25 heavy (non-hydrogen) atoms. The number of piperidine rings is 1. The fourth-order valence-corrected chi connectivity index (χ4v) is 3.42. The number of rotatable bonds is 4. The number of benzene rings is 1. The molecule has 1 amide bonds. The number of carboxylic acids is 1. The van der Waals surface area contributed by atoms with Gasteiger partial charge in [0.25, 0.3) is 5.91 Å². The molecule has 1 aliphatic rings. The molecule has 1 aliphatic heterocycles. The molecule has 1 N–H and O–H groups in total. The number of hydrogen-bond donors (Lipinski definition) is 1. The molecule has 0 saturated carbocycles. The zero-order chi connectivity index (χ0) is 17.8. The fourth-order valence-electron chi connectivity index (χ4n) is 3.42. The topological polar surface area (TPSA) is 70.5 Å². The Hall–Kier alpha value is -2.69. The lowest BCUT2D eigenvalue weighted by molar-refractivity contribution is 0.0683. The van der Waals surface area contributed by atoms with E-state index >= 15 is 0 Å². The summed E-state index contributed by atoms with van der Waals surface area (Å²) in [5.74, 6) is -0.495. The van der Waals surface area contributed by atoms with Crippen molar-refractivity contribution in [1.29, 1.82) is 0 Å². The van der Waals surface area contributed by atoms with Crippen molar-refractivity contribution in [2.75, 3.05) is 13.1 Å². The summed E-state index contributed by atoms with van der Waals surface area (Å²) in [4.78, 5) is 30.0. The number of aromatic nitrogens is 1. The first-order valence-electron chi connectivity index (χ1n) is 8.58. The van der Waals surface area contributed by atoms with Crippen LogP contribution in [0.15, 0.2) is 42.6 Å². The minimum Gasteiger partial charge on any atom is -0.478 e. The minimum atomic E-state index is -0.881. The molecule has 0 bridgehead atoms. The molecule has 3 rings (SSSR count). The van der Waals surface area contributed by atoms with Crippen molar-refractivity contribution >= 4 is 11.9 Å². The maximum Gasteiger partial charge on any atom is 0.335 e. The van der Waals surface area contributed by atoms with Gasteiger partial charge in [0.05, 0.1) is 5.56 Å². The van der Waals surface area contributed by atoms with Crippen LogP contribution < -0.4 is 0 Å². The summed E-state index contributed by atoms with van der Waals surface area (Å²) in [7, 11) is 0. The molecule has 5 nitrogen and oxygen atoms in total. The third-order valence-electron chi connectivity index (χ3n) is 4.87. The minimum absolute atomic E-state index is 0.0116. The van der Waals surface area contributed by atoms with Crippen LogP contribution in [-0.4, -0.2) is 40.0 Å². The molecule has 130 valence electrons. The number of carbonyl (C=O) groups is 2. The average molecular weight is 338 g/mol. The monoisotopic (exact) mass is 338 g/mol. The number of amides is 1. The van der Waals surface area contributed by atoms with Gasteiger partial charge in [-0.05, 0) is 55.4 Å². The lowest BCUT2D eigenvalue weighted by Crippen LogP contribution is -2.39. The Labute approximate surface area is 147 Å². The van der Waals surface area contributed by atoms with Crippen LogP contribution in [0.1, 0.15) is 44.8 Å². The van der Waals surface area contributed by atoms with Gasteiger partial charge in [0.2, 0.25) is 0 Å². The molecule has 0 unspecified atom stereocenters. The van der Waals surface area contributed by atoms with E-state index in [0.29, 0.717) is 30.3 Å². The van der Waals surface area contributed by atoms with Gasteiger partial charge >= 0.3 is 5.97 Å². The summed E-state index contributed by atoms with van der Waals surface area (Å²) in [6, 6.07) is 10.9. The highest BCUT2D eigenvalue weighted by Gasteiger charge is 2.26. The number of carboxylic acid groups (broad SMARTS) is 1. The van der Waals surface area contributed by atoms with E-state index in [1.54, 1.807) is 18.3 Å². The Morgan fingerprint density at radius 1 is 1.16 bits per heavy atom. The first-order valence-corrected chi connectivity index (χ1v) is 8.58. The van der Waals surface area contributed by atoms with Gasteiger partial charge in [-0.15, -0.1) is 0 Å². The number of carbonyl (C=O) groups excluding carboxylic acids is 1. The lowest BCUT2D eigenvalue weighted by atomic mass is 9.88. The van der Waals surface area contributed by atoms with Crippen molar-refractivity contribution in [3.8, 4) is 0 Å². The maximum atomic E-state index is 12.6. The van der Waals surface area contributed by atoms with Crippen molar-refractivity contribution < 1.29 is 14.7 Å². The van der Waals surface area contributed by atoms with Crippen molar-refractivity contribution in [3.05, 3.63) is 65.0 Å². The van der Waals surface area contributed by atoms with Crippen molar-refractivity contribution in [2.45, 2.75) is 26.2 Å². The molecular weight excluding hydrogens is 316 g/mol. The molecule has 0 radical (unpaired) electrons. The molecule has 0 atom stereocenters. The molecule has 2 heterocycles. The number of pyridine rings is 1. The number of likely N-dealkylation sites (tertiary alicyclic amines) is 1. The van der Waals surface area contributed by atoms with E-state index in [9.17, 15) is 14.7 Å².